The maximum atomic E-state index is 14.0. The van der Waals surface area contributed by atoms with Crippen molar-refractivity contribution in [1.29, 1.82) is 0 Å². The summed E-state index contributed by atoms with van der Waals surface area (Å²) in [6.07, 6.45) is -2.17. The molecular formula is C23H19F3O4S. The number of carbonyl (C=O) groups excluding carboxylic acids is 2. The van der Waals surface area contributed by atoms with Gasteiger partial charge in [-0.15, -0.1) is 11.3 Å². The lowest BCUT2D eigenvalue weighted by Gasteiger charge is -2.14. The lowest BCUT2D eigenvalue weighted by atomic mass is 9.99. The zero-order valence-electron chi connectivity index (χ0n) is 16.7. The van der Waals surface area contributed by atoms with E-state index in [-0.39, 0.29) is 35.5 Å². The number of aryl methyl sites for hydroxylation is 2. The van der Waals surface area contributed by atoms with Crippen molar-refractivity contribution in [2.45, 2.75) is 25.9 Å². The molecule has 0 aliphatic rings. The third kappa shape index (κ3) is 4.64. The molecule has 1 aromatic heterocycles. The van der Waals surface area contributed by atoms with Crippen molar-refractivity contribution in [3.63, 3.8) is 0 Å². The number of benzene rings is 2. The van der Waals surface area contributed by atoms with Crippen LogP contribution in [0.1, 0.15) is 23.1 Å². The zero-order chi connectivity index (χ0) is 22.8. The largest absolute Gasteiger partial charge is 0.463 e. The Kier molecular flexibility index (Phi) is 6.50. The highest BCUT2D eigenvalue weighted by Crippen LogP contribution is 2.46. The Hall–Kier alpha value is -3.13. The molecule has 0 bridgehead atoms. The third-order valence-electron chi connectivity index (χ3n) is 4.76. The summed E-state index contributed by atoms with van der Waals surface area (Å²) in [7, 11) is 0. The highest BCUT2D eigenvalue weighted by Gasteiger charge is 2.36. The van der Waals surface area contributed by atoms with E-state index in [0.717, 1.165) is 23.5 Å². The van der Waals surface area contributed by atoms with Crippen LogP contribution in [0.4, 0.5) is 13.2 Å². The van der Waals surface area contributed by atoms with Crippen molar-refractivity contribution in [3.8, 4) is 5.75 Å². The average molecular weight is 448 g/mol. The molecule has 0 spiro atoms. The topological polar surface area (TPSA) is 52.6 Å². The van der Waals surface area contributed by atoms with E-state index in [9.17, 15) is 22.8 Å². The molecule has 0 N–H and O–H groups in total. The first-order chi connectivity index (χ1) is 14.7. The van der Waals surface area contributed by atoms with Gasteiger partial charge in [0, 0.05) is 37.9 Å². The summed E-state index contributed by atoms with van der Waals surface area (Å²) in [4.78, 5) is 22.6. The number of fused-ring (bicyclic) bond motifs is 3. The normalized spacial score (nSPS) is 11.5. The summed E-state index contributed by atoms with van der Waals surface area (Å²) in [5, 5.41) is 1.15. The van der Waals surface area contributed by atoms with Crippen molar-refractivity contribution in [2.24, 2.45) is 0 Å². The molecule has 0 amide bonds. The van der Waals surface area contributed by atoms with Gasteiger partial charge in [0.15, 0.2) is 0 Å². The summed E-state index contributed by atoms with van der Waals surface area (Å²) in [5.41, 5.74) is 0.0300. The fourth-order valence-electron chi connectivity index (χ4n) is 3.33. The highest BCUT2D eigenvalue weighted by molar-refractivity contribution is 7.26. The fourth-order valence-corrected chi connectivity index (χ4v) is 4.72. The molecule has 0 fully saturated rings. The van der Waals surface area contributed by atoms with Crippen LogP contribution in [-0.2, 0) is 26.9 Å². The van der Waals surface area contributed by atoms with Gasteiger partial charge in [0.05, 0.1) is 12.2 Å². The van der Waals surface area contributed by atoms with Gasteiger partial charge in [-0.3, -0.25) is 0 Å². The van der Waals surface area contributed by atoms with Gasteiger partial charge in [0.2, 0.25) is 0 Å². The average Bonchev–Trinajstić information content (AvgIpc) is 3.10. The molecular weight excluding hydrogens is 429 g/mol. The predicted octanol–water partition coefficient (Wildman–Crippen LogP) is 6.13. The van der Waals surface area contributed by atoms with Crippen molar-refractivity contribution in [1.82, 2.24) is 0 Å². The smallest absolute Gasteiger partial charge is 0.418 e. The number of rotatable bonds is 7. The van der Waals surface area contributed by atoms with Crippen molar-refractivity contribution in [3.05, 3.63) is 66.3 Å². The Balaban J connectivity index is 2.07. The van der Waals surface area contributed by atoms with E-state index in [0.29, 0.717) is 21.0 Å². The number of hydrogen-bond donors (Lipinski definition) is 0. The van der Waals surface area contributed by atoms with Crippen molar-refractivity contribution >= 4 is 43.4 Å². The lowest BCUT2D eigenvalue weighted by Crippen LogP contribution is -2.10. The Labute approximate surface area is 180 Å². The van der Waals surface area contributed by atoms with Gasteiger partial charge in [-0.25, -0.2) is 9.59 Å². The van der Waals surface area contributed by atoms with Crippen LogP contribution in [0, 0.1) is 6.92 Å². The Morgan fingerprint density at radius 2 is 1.68 bits per heavy atom. The SMILES string of the molecule is C=CC(=O)OCCCc1ccc2c(sc3c(C)c(OC(=O)C=C)ccc32)c1C(F)(F)F. The molecule has 3 rings (SSSR count). The molecule has 8 heteroatoms. The first-order valence-electron chi connectivity index (χ1n) is 9.35. The molecule has 2 aromatic carbocycles. The van der Waals surface area contributed by atoms with E-state index >= 15 is 0 Å². The Bertz CT molecular complexity index is 1190. The summed E-state index contributed by atoms with van der Waals surface area (Å²) >= 11 is 1.02. The molecule has 4 nitrogen and oxygen atoms in total. The second kappa shape index (κ2) is 8.93. The summed E-state index contributed by atoms with van der Waals surface area (Å²) < 4.78 is 52.9. The van der Waals surface area contributed by atoms with Crippen molar-refractivity contribution < 1.29 is 32.2 Å². The molecule has 0 aliphatic carbocycles. The first kappa shape index (κ1) is 22.6. The summed E-state index contributed by atoms with van der Waals surface area (Å²) in [5.74, 6) is -0.972. The number of esters is 2. The van der Waals surface area contributed by atoms with Crippen molar-refractivity contribution in [2.75, 3.05) is 6.61 Å². The molecule has 0 aliphatic heterocycles. The van der Waals surface area contributed by atoms with Gasteiger partial charge in [-0.05, 0) is 37.5 Å². The van der Waals surface area contributed by atoms with Crippen LogP contribution in [0.2, 0.25) is 0 Å². The number of ether oxygens (including phenoxy) is 2. The lowest BCUT2D eigenvalue weighted by molar-refractivity contribution is -0.139. The number of thiophene rings is 1. The molecule has 0 radical (unpaired) electrons. The monoisotopic (exact) mass is 448 g/mol. The summed E-state index contributed by atoms with van der Waals surface area (Å²) in [6.45, 7) is 8.33. The fraction of sp³-hybridized carbons (Fsp3) is 0.217. The van der Waals surface area contributed by atoms with Gasteiger partial charge < -0.3 is 9.47 Å². The molecule has 0 saturated carbocycles. The molecule has 0 atom stereocenters. The molecule has 0 unspecified atom stereocenters. The number of alkyl halides is 3. The Morgan fingerprint density at radius 3 is 2.32 bits per heavy atom. The molecule has 31 heavy (non-hydrogen) atoms. The zero-order valence-corrected chi connectivity index (χ0v) is 17.5. The maximum absolute atomic E-state index is 14.0. The van der Waals surface area contributed by atoms with Crippen LogP contribution in [0.3, 0.4) is 0 Å². The van der Waals surface area contributed by atoms with Crippen LogP contribution in [0.15, 0.2) is 49.6 Å². The molecule has 3 aromatic rings. The quantitative estimate of drug-likeness (QED) is 0.189. The van der Waals surface area contributed by atoms with Gasteiger partial charge in [-0.2, -0.15) is 13.2 Å². The van der Waals surface area contributed by atoms with Crippen LogP contribution in [0.5, 0.6) is 5.75 Å². The van der Waals surface area contributed by atoms with E-state index in [4.69, 9.17) is 9.47 Å². The molecule has 1 heterocycles. The summed E-state index contributed by atoms with van der Waals surface area (Å²) in [6, 6.07) is 6.36. The minimum Gasteiger partial charge on any atom is -0.463 e. The van der Waals surface area contributed by atoms with Crippen LogP contribution < -0.4 is 4.74 Å². The van der Waals surface area contributed by atoms with E-state index in [1.54, 1.807) is 25.1 Å². The molecule has 162 valence electrons. The highest BCUT2D eigenvalue weighted by atomic mass is 32.1. The van der Waals surface area contributed by atoms with E-state index < -0.39 is 23.7 Å². The Morgan fingerprint density at radius 1 is 1.03 bits per heavy atom. The maximum Gasteiger partial charge on any atom is 0.418 e. The second-order valence-corrected chi connectivity index (χ2v) is 7.76. The number of carbonyl (C=O) groups is 2. The first-order valence-corrected chi connectivity index (χ1v) is 10.2. The number of halogens is 3. The van der Waals surface area contributed by atoms with Crippen LogP contribution >= 0.6 is 11.3 Å². The van der Waals surface area contributed by atoms with Gasteiger partial charge in [0.1, 0.15) is 5.75 Å². The van der Waals surface area contributed by atoms with E-state index in [1.807, 2.05) is 0 Å². The van der Waals surface area contributed by atoms with Gasteiger partial charge >= 0.3 is 18.1 Å². The van der Waals surface area contributed by atoms with E-state index in [1.165, 1.54) is 6.07 Å². The molecule has 0 saturated heterocycles. The van der Waals surface area contributed by atoms with E-state index in [2.05, 4.69) is 13.2 Å². The number of hydrogen-bond acceptors (Lipinski definition) is 5. The van der Waals surface area contributed by atoms with Gasteiger partial charge in [0.25, 0.3) is 0 Å². The minimum atomic E-state index is -4.56. The standard InChI is InChI=1S/C23H19F3O4S/c1-4-18(27)29-12-6-7-14-8-9-16-15-10-11-17(30-19(28)5-2)13(3)21(15)31-22(16)20(14)23(24,25)26/h4-5,8-11H,1-2,6-7,12H2,3H3. The second-order valence-electron chi connectivity index (χ2n) is 6.74. The minimum absolute atomic E-state index is 0.00371. The van der Waals surface area contributed by atoms with Gasteiger partial charge in [-0.1, -0.05) is 25.3 Å². The third-order valence-corrected chi connectivity index (χ3v) is 6.11. The predicted molar refractivity (Wildman–Crippen MR) is 114 cm³/mol. The van der Waals surface area contributed by atoms with Crippen LogP contribution in [0.25, 0.3) is 20.2 Å². The van der Waals surface area contributed by atoms with Crippen LogP contribution in [-0.4, -0.2) is 18.5 Å².